The quantitative estimate of drug-likeness (QED) is 0.139. The molecule has 0 aromatic heterocycles. The van der Waals surface area contributed by atoms with E-state index in [4.69, 9.17) is 17.5 Å². The first-order chi connectivity index (χ1) is 13.9. The zero-order valence-electron chi connectivity index (χ0n) is 20.0. The van der Waals surface area contributed by atoms with E-state index in [0.29, 0.717) is 0 Å². The Hall–Kier alpha value is -1.79. The Morgan fingerprint density at radius 1 is 0.742 bits per heavy atom. The van der Waals surface area contributed by atoms with E-state index in [9.17, 15) is 9.59 Å². The molecular formula is C20H42N4O6S. The lowest BCUT2D eigenvalue weighted by Gasteiger charge is -2.23. The SMILES string of the molecule is C=CC(=O)NCCCC[N+](C)(C)C.C=CC(=O)NCCCC[N+](C)(C)C.O=S(=O)([O-])[O-]. The Balaban J connectivity index is -0.000000416. The molecule has 0 rings (SSSR count). The Morgan fingerprint density at radius 3 is 1.19 bits per heavy atom. The Morgan fingerprint density at radius 2 is 1.00 bits per heavy atom. The smallest absolute Gasteiger partial charge is 0.243 e. The number of carbonyl (C=O) groups excluding carboxylic acids is 2. The summed E-state index contributed by atoms with van der Waals surface area (Å²) in [6.45, 7) is 10.6. The maximum absolute atomic E-state index is 10.7. The van der Waals surface area contributed by atoms with Crippen molar-refractivity contribution in [3.8, 4) is 0 Å². The van der Waals surface area contributed by atoms with Gasteiger partial charge in [-0.15, -0.1) is 0 Å². The van der Waals surface area contributed by atoms with Crippen LogP contribution in [0.2, 0.25) is 0 Å². The number of amides is 2. The van der Waals surface area contributed by atoms with E-state index in [1.54, 1.807) is 0 Å². The fourth-order valence-electron chi connectivity index (χ4n) is 1.99. The van der Waals surface area contributed by atoms with E-state index in [1.807, 2.05) is 0 Å². The molecule has 0 fully saturated rings. The molecule has 0 aliphatic heterocycles. The highest BCUT2D eigenvalue weighted by atomic mass is 32.3. The molecule has 10 nitrogen and oxygen atoms in total. The Labute approximate surface area is 188 Å². The minimum absolute atomic E-state index is 0.0785. The van der Waals surface area contributed by atoms with Crippen molar-refractivity contribution in [2.45, 2.75) is 25.7 Å². The second kappa shape index (κ2) is 17.8. The molecule has 0 saturated heterocycles. The van der Waals surface area contributed by atoms with E-state index in [1.165, 1.54) is 12.2 Å². The maximum Gasteiger partial charge on any atom is 0.243 e. The van der Waals surface area contributed by atoms with E-state index in [-0.39, 0.29) is 11.8 Å². The number of hydrogen-bond donors (Lipinski definition) is 2. The van der Waals surface area contributed by atoms with Gasteiger partial charge in [-0.25, -0.2) is 0 Å². The summed E-state index contributed by atoms with van der Waals surface area (Å²) in [4.78, 5) is 21.5. The first-order valence-electron chi connectivity index (χ1n) is 9.99. The number of hydrogen-bond acceptors (Lipinski definition) is 6. The highest BCUT2D eigenvalue weighted by molar-refractivity contribution is 7.79. The first-order valence-corrected chi connectivity index (χ1v) is 11.3. The zero-order chi connectivity index (χ0) is 25.1. The maximum atomic E-state index is 10.7. The van der Waals surface area contributed by atoms with Crippen LogP contribution in [-0.2, 0) is 20.0 Å². The zero-order valence-corrected chi connectivity index (χ0v) is 20.8. The second-order valence-electron chi connectivity index (χ2n) is 8.84. The molecule has 0 aliphatic carbocycles. The van der Waals surface area contributed by atoms with Gasteiger partial charge in [-0.2, -0.15) is 0 Å². The minimum Gasteiger partial charge on any atom is -0.759 e. The fraction of sp³-hybridized carbons (Fsp3) is 0.700. The molecule has 184 valence electrons. The molecule has 0 spiro atoms. The van der Waals surface area contributed by atoms with Gasteiger partial charge in [0.1, 0.15) is 0 Å². The van der Waals surface area contributed by atoms with Crippen LogP contribution in [0.15, 0.2) is 25.3 Å². The van der Waals surface area contributed by atoms with Crippen LogP contribution in [0.4, 0.5) is 0 Å². The van der Waals surface area contributed by atoms with E-state index in [2.05, 4.69) is 66.1 Å². The second-order valence-corrected chi connectivity index (χ2v) is 9.66. The van der Waals surface area contributed by atoms with Crippen LogP contribution in [-0.4, -0.2) is 107 Å². The molecule has 2 amide bonds. The van der Waals surface area contributed by atoms with Gasteiger partial charge >= 0.3 is 0 Å². The van der Waals surface area contributed by atoms with Crippen LogP contribution in [0, 0.1) is 0 Å². The summed E-state index contributed by atoms with van der Waals surface area (Å²) in [6.07, 6.45) is 6.96. The van der Waals surface area contributed by atoms with Crippen LogP contribution >= 0.6 is 0 Å². The van der Waals surface area contributed by atoms with Gasteiger partial charge in [-0.1, -0.05) is 13.2 Å². The van der Waals surface area contributed by atoms with Crippen molar-refractivity contribution in [3.63, 3.8) is 0 Å². The standard InChI is InChI=1S/2C10H20N2O.H2O4S/c2*1-5-10(13)11-8-6-7-9-12(2,3)4;1-5(2,3)4/h2*5H,1,6-9H2,2-4H3;(H2,1,2,3,4). The highest BCUT2D eigenvalue weighted by Gasteiger charge is 2.06. The van der Waals surface area contributed by atoms with Crippen LogP contribution in [0.3, 0.4) is 0 Å². The minimum atomic E-state index is -5.17. The summed E-state index contributed by atoms with van der Waals surface area (Å²) < 4.78 is 36.0. The van der Waals surface area contributed by atoms with Gasteiger partial charge in [0, 0.05) is 23.5 Å². The van der Waals surface area contributed by atoms with Crippen molar-refractivity contribution in [3.05, 3.63) is 25.3 Å². The molecule has 31 heavy (non-hydrogen) atoms. The van der Waals surface area contributed by atoms with Gasteiger partial charge in [0.25, 0.3) is 0 Å². The lowest BCUT2D eigenvalue weighted by atomic mass is 10.3. The Kier molecular flexibility index (Phi) is 19.5. The highest BCUT2D eigenvalue weighted by Crippen LogP contribution is 1.96. The van der Waals surface area contributed by atoms with Gasteiger partial charge < -0.3 is 28.7 Å². The third-order valence-electron chi connectivity index (χ3n) is 3.48. The van der Waals surface area contributed by atoms with E-state index < -0.39 is 10.4 Å². The molecule has 0 aliphatic rings. The third kappa shape index (κ3) is 47.4. The number of nitrogens with one attached hydrogen (secondary N) is 2. The summed E-state index contributed by atoms with van der Waals surface area (Å²) in [6, 6.07) is 0. The molecule has 11 heteroatoms. The normalized spacial score (nSPS) is 11.1. The van der Waals surface area contributed by atoms with Crippen molar-refractivity contribution in [1.29, 1.82) is 0 Å². The topological polar surface area (TPSA) is 138 Å². The molecule has 0 bridgehead atoms. The summed E-state index contributed by atoms with van der Waals surface area (Å²) in [7, 11) is 7.85. The average Bonchev–Trinajstić information content (AvgIpc) is 2.57. The largest absolute Gasteiger partial charge is 0.759 e. The fourth-order valence-corrected chi connectivity index (χ4v) is 1.99. The van der Waals surface area contributed by atoms with E-state index >= 15 is 0 Å². The summed E-state index contributed by atoms with van der Waals surface area (Å²) in [5.41, 5.74) is 0. The van der Waals surface area contributed by atoms with Crippen LogP contribution < -0.4 is 10.6 Å². The number of carbonyl (C=O) groups is 2. The lowest BCUT2D eigenvalue weighted by Crippen LogP contribution is -2.35. The molecule has 0 unspecified atom stereocenters. The van der Waals surface area contributed by atoms with Crippen LogP contribution in [0.1, 0.15) is 25.7 Å². The summed E-state index contributed by atoms with van der Waals surface area (Å²) >= 11 is 0. The van der Waals surface area contributed by atoms with Crippen molar-refractivity contribution in [1.82, 2.24) is 10.6 Å². The van der Waals surface area contributed by atoms with Crippen molar-refractivity contribution >= 4 is 22.2 Å². The summed E-state index contributed by atoms with van der Waals surface area (Å²) in [5.74, 6) is -0.157. The van der Waals surface area contributed by atoms with Crippen molar-refractivity contribution in [2.75, 3.05) is 68.5 Å². The van der Waals surface area contributed by atoms with Gasteiger partial charge in [-0.05, 0) is 37.8 Å². The van der Waals surface area contributed by atoms with Gasteiger partial charge in [0.05, 0.1) is 55.4 Å². The summed E-state index contributed by atoms with van der Waals surface area (Å²) in [5, 5.41) is 5.51. The molecule has 0 radical (unpaired) electrons. The van der Waals surface area contributed by atoms with Gasteiger partial charge in [-0.3, -0.25) is 18.0 Å². The third-order valence-corrected chi connectivity index (χ3v) is 3.48. The van der Waals surface area contributed by atoms with Crippen LogP contribution in [0.5, 0.6) is 0 Å². The molecular weight excluding hydrogens is 424 g/mol. The molecule has 0 aromatic carbocycles. The molecule has 0 aromatic rings. The lowest BCUT2D eigenvalue weighted by molar-refractivity contribution is -0.870. The van der Waals surface area contributed by atoms with Gasteiger partial charge in [0.2, 0.25) is 11.8 Å². The number of quaternary nitrogens is 2. The number of rotatable bonds is 12. The number of nitrogens with zero attached hydrogens (tertiary/aromatic N) is 2. The predicted molar refractivity (Wildman–Crippen MR) is 121 cm³/mol. The van der Waals surface area contributed by atoms with E-state index in [0.717, 1.165) is 60.8 Å². The molecule has 0 heterocycles. The number of unbranched alkanes of at least 4 members (excludes halogenated alkanes) is 2. The molecule has 0 saturated carbocycles. The van der Waals surface area contributed by atoms with Crippen LogP contribution in [0.25, 0.3) is 0 Å². The van der Waals surface area contributed by atoms with Crippen molar-refractivity contribution in [2.24, 2.45) is 0 Å². The monoisotopic (exact) mass is 466 g/mol. The molecule has 0 atom stereocenters. The average molecular weight is 467 g/mol. The van der Waals surface area contributed by atoms with Gasteiger partial charge in [0.15, 0.2) is 0 Å². The first kappa shape index (κ1) is 33.8. The Bertz CT molecular complexity index is 575. The predicted octanol–water partition coefficient (Wildman–Crippen LogP) is 0.212. The van der Waals surface area contributed by atoms with Crippen molar-refractivity contribution < 1.29 is 36.1 Å². The molecule has 2 N–H and O–H groups in total.